The Kier molecular flexibility index (Phi) is 3.74. The second-order valence-corrected chi connectivity index (χ2v) is 8.61. The van der Waals surface area contributed by atoms with Crippen molar-refractivity contribution in [2.45, 2.75) is 38.9 Å². The number of hydrogen-bond donors (Lipinski definition) is 1. The van der Waals surface area contributed by atoms with Crippen molar-refractivity contribution in [1.29, 1.82) is 0 Å². The molecular formula is C24H24BNO2. The molecule has 0 bridgehead atoms. The predicted octanol–water partition coefficient (Wildman–Crippen LogP) is 5.29. The Balaban J connectivity index is 1.61. The summed E-state index contributed by atoms with van der Waals surface area (Å²) in [6, 6.07) is 23.4. The lowest BCUT2D eigenvalue weighted by Gasteiger charge is -2.32. The summed E-state index contributed by atoms with van der Waals surface area (Å²) in [4.78, 5) is 3.60. The lowest BCUT2D eigenvalue weighted by Crippen LogP contribution is -2.41. The van der Waals surface area contributed by atoms with Crippen LogP contribution in [0.25, 0.3) is 32.9 Å². The van der Waals surface area contributed by atoms with E-state index in [1.807, 2.05) is 0 Å². The first-order valence-electron chi connectivity index (χ1n) is 9.81. The van der Waals surface area contributed by atoms with E-state index in [-0.39, 0.29) is 18.3 Å². The van der Waals surface area contributed by atoms with Gasteiger partial charge in [-0.25, -0.2) is 0 Å². The van der Waals surface area contributed by atoms with Crippen molar-refractivity contribution in [2.75, 3.05) is 0 Å². The fourth-order valence-corrected chi connectivity index (χ4v) is 3.95. The van der Waals surface area contributed by atoms with Gasteiger partial charge in [-0.05, 0) is 44.8 Å². The van der Waals surface area contributed by atoms with E-state index in [0.717, 1.165) is 22.1 Å². The molecule has 1 aliphatic rings. The molecule has 1 N–H and O–H groups in total. The molecule has 0 saturated carbocycles. The highest BCUT2D eigenvalue weighted by atomic mass is 16.7. The van der Waals surface area contributed by atoms with Crippen LogP contribution in [0.2, 0.25) is 0 Å². The van der Waals surface area contributed by atoms with Crippen LogP contribution in [-0.4, -0.2) is 23.3 Å². The number of H-pyrrole nitrogens is 1. The van der Waals surface area contributed by atoms with E-state index in [1.54, 1.807) is 0 Å². The predicted molar refractivity (Wildman–Crippen MR) is 117 cm³/mol. The first-order chi connectivity index (χ1) is 13.4. The summed E-state index contributed by atoms with van der Waals surface area (Å²) in [6.45, 7) is 8.34. The van der Waals surface area contributed by atoms with Crippen LogP contribution < -0.4 is 5.46 Å². The Morgan fingerprint density at radius 1 is 0.750 bits per heavy atom. The van der Waals surface area contributed by atoms with Crippen LogP contribution >= 0.6 is 0 Å². The summed E-state index contributed by atoms with van der Waals surface area (Å²) in [5, 5.41) is 2.50. The average molecular weight is 369 g/mol. The third-order valence-electron chi connectivity index (χ3n) is 6.26. The molecule has 1 fully saturated rings. The number of benzene rings is 3. The van der Waals surface area contributed by atoms with Crippen molar-refractivity contribution in [1.82, 2.24) is 4.98 Å². The molecule has 140 valence electrons. The largest absolute Gasteiger partial charge is 0.494 e. The van der Waals surface area contributed by atoms with Gasteiger partial charge in [-0.3, -0.25) is 0 Å². The van der Waals surface area contributed by atoms with E-state index in [0.29, 0.717) is 0 Å². The molecule has 0 atom stereocenters. The SMILES string of the molecule is CC1(C)OB(c2cccc(-c3cccc4c3[nH]c3ccccc34)c2)OC1(C)C. The third kappa shape index (κ3) is 2.60. The highest BCUT2D eigenvalue weighted by Crippen LogP contribution is 2.37. The number of aromatic amines is 1. The van der Waals surface area contributed by atoms with Gasteiger partial charge in [0.2, 0.25) is 0 Å². The molecule has 0 aliphatic carbocycles. The zero-order valence-electron chi connectivity index (χ0n) is 16.7. The van der Waals surface area contributed by atoms with Crippen molar-refractivity contribution < 1.29 is 9.31 Å². The highest BCUT2D eigenvalue weighted by molar-refractivity contribution is 6.62. The maximum Gasteiger partial charge on any atom is 0.494 e. The number of rotatable bonds is 2. The van der Waals surface area contributed by atoms with Crippen molar-refractivity contribution in [3.05, 3.63) is 66.7 Å². The minimum absolute atomic E-state index is 0.342. The molecule has 3 nitrogen and oxygen atoms in total. The van der Waals surface area contributed by atoms with Gasteiger partial charge in [0.05, 0.1) is 16.7 Å². The molecule has 4 aromatic rings. The molecule has 0 radical (unpaired) electrons. The minimum Gasteiger partial charge on any atom is -0.399 e. The van der Waals surface area contributed by atoms with E-state index in [2.05, 4.69) is 99.4 Å². The number of aromatic nitrogens is 1. The van der Waals surface area contributed by atoms with Crippen molar-refractivity contribution >= 4 is 34.4 Å². The Hall–Kier alpha value is -2.56. The molecule has 0 spiro atoms. The molecule has 1 aliphatic heterocycles. The topological polar surface area (TPSA) is 34.2 Å². The molecule has 4 heteroatoms. The molecule has 0 amide bonds. The van der Waals surface area contributed by atoms with Crippen LogP contribution in [0.3, 0.4) is 0 Å². The number of nitrogens with one attached hydrogen (secondary N) is 1. The molecule has 2 heterocycles. The van der Waals surface area contributed by atoms with Gasteiger partial charge in [-0.1, -0.05) is 60.7 Å². The first kappa shape index (κ1) is 17.5. The average Bonchev–Trinajstić information content (AvgIpc) is 3.15. The van der Waals surface area contributed by atoms with E-state index in [4.69, 9.17) is 9.31 Å². The second-order valence-electron chi connectivity index (χ2n) is 8.61. The lowest BCUT2D eigenvalue weighted by atomic mass is 9.78. The molecule has 28 heavy (non-hydrogen) atoms. The van der Waals surface area contributed by atoms with Gasteiger partial charge < -0.3 is 14.3 Å². The Morgan fingerprint density at radius 3 is 2.21 bits per heavy atom. The van der Waals surface area contributed by atoms with Crippen molar-refractivity contribution in [3.8, 4) is 11.1 Å². The monoisotopic (exact) mass is 369 g/mol. The number of fused-ring (bicyclic) bond motifs is 3. The lowest BCUT2D eigenvalue weighted by molar-refractivity contribution is 0.00578. The molecule has 1 saturated heterocycles. The molecule has 3 aromatic carbocycles. The highest BCUT2D eigenvalue weighted by Gasteiger charge is 2.51. The fourth-order valence-electron chi connectivity index (χ4n) is 3.95. The Labute approximate surface area is 165 Å². The normalized spacial score (nSPS) is 18.2. The Morgan fingerprint density at radius 2 is 1.43 bits per heavy atom. The summed E-state index contributed by atoms with van der Waals surface area (Å²) >= 11 is 0. The quantitative estimate of drug-likeness (QED) is 0.488. The van der Waals surface area contributed by atoms with Gasteiger partial charge >= 0.3 is 7.12 Å². The zero-order chi connectivity index (χ0) is 19.5. The zero-order valence-corrected chi connectivity index (χ0v) is 16.7. The van der Waals surface area contributed by atoms with Gasteiger partial charge in [-0.15, -0.1) is 0 Å². The van der Waals surface area contributed by atoms with E-state index >= 15 is 0 Å². The maximum atomic E-state index is 6.25. The summed E-state index contributed by atoms with van der Waals surface area (Å²) in [5.74, 6) is 0. The number of hydrogen-bond acceptors (Lipinski definition) is 2. The van der Waals surface area contributed by atoms with Crippen LogP contribution in [0.15, 0.2) is 66.7 Å². The Bertz CT molecular complexity index is 1180. The third-order valence-corrected chi connectivity index (χ3v) is 6.26. The van der Waals surface area contributed by atoms with Crippen LogP contribution in [-0.2, 0) is 9.31 Å². The minimum atomic E-state index is -0.355. The number of para-hydroxylation sites is 2. The molecule has 0 unspecified atom stereocenters. The summed E-state index contributed by atoms with van der Waals surface area (Å²) in [5.41, 5.74) is 5.03. The van der Waals surface area contributed by atoms with Crippen molar-refractivity contribution in [3.63, 3.8) is 0 Å². The maximum absolute atomic E-state index is 6.25. The molecular weight excluding hydrogens is 345 g/mol. The van der Waals surface area contributed by atoms with Gasteiger partial charge in [-0.2, -0.15) is 0 Å². The fraction of sp³-hybridized carbons (Fsp3) is 0.250. The van der Waals surface area contributed by atoms with E-state index < -0.39 is 0 Å². The molecule has 1 aromatic heterocycles. The van der Waals surface area contributed by atoms with Gasteiger partial charge in [0.15, 0.2) is 0 Å². The van der Waals surface area contributed by atoms with Crippen LogP contribution in [0.1, 0.15) is 27.7 Å². The first-order valence-corrected chi connectivity index (χ1v) is 9.81. The van der Waals surface area contributed by atoms with Crippen LogP contribution in [0.5, 0.6) is 0 Å². The van der Waals surface area contributed by atoms with E-state index in [1.165, 1.54) is 16.3 Å². The van der Waals surface area contributed by atoms with Gasteiger partial charge in [0, 0.05) is 21.9 Å². The molecule has 5 rings (SSSR count). The van der Waals surface area contributed by atoms with E-state index in [9.17, 15) is 0 Å². The summed E-state index contributed by atoms with van der Waals surface area (Å²) < 4.78 is 12.5. The van der Waals surface area contributed by atoms with Crippen LogP contribution in [0, 0.1) is 0 Å². The smallest absolute Gasteiger partial charge is 0.399 e. The van der Waals surface area contributed by atoms with Gasteiger partial charge in [0.1, 0.15) is 0 Å². The van der Waals surface area contributed by atoms with Crippen molar-refractivity contribution in [2.24, 2.45) is 0 Å². The standard InChI is InChI=1S/C24H24BNO2/c1-23(2)24(3,4)28-25(27-23)17-10-7-9-16(15-17)18-12-8-13-20-19-11-5-6-14-21(19)26-22(18)20/h5-15,26H,1-4H3. The summed E-state index contributed by atoms with van der Waals surface area (Å²) in [6.07, 6.45) is 0. The summed E-state index contributed by atoms with van der Waals surface area (Å²) in [7, 11) is -0.355. The second kappa shape index (κ2) is 5.97. The van der Waals surface area contributed by atoms with Crippen LogP contribution in [0.4, 0.5) is 0 Å². The van der Waals surface area contributed by atoms with Gasteiger partial charge in [0.25, 0.3) is 0 Å².